The molecule has 21 heavy (non-hydrogen) atoms. The maximum atomic E-state index is 11.9. The minimum absolute atomic E-state index is 0.134. The largest absolute Gasteiger partial charge is 0.481 e. The van der Waals surface area contributed by atoms with Gasteiger partial charge in [-0.2, -0.15) is 0 Å². The van der Waals surface area contributed by atoms with Crippen LogP contribution >= 0.6 is 0 Å². The highest BCUT2D eigenvalue weighted by Gasteiger charge is 2.18. The van der Waals surface area contributed by atoms with Gasteiger partial charge in [0.25, 0.3) is 5.91 Å². The van der Waals surface area contributed by atoms with Crippen molar-refractivity contribution in [3.8, 4) is 0 Å². The van der Waals surface area contributed by atoms with E-state index in [-0.39, 0.29) is 11.3 Å². The quantitative estimate of drug-likeness (QED) is 0.533. The van der Waals surface area contributed by atoms with Gasteiger partial charge in [0, 0.05) is 0 Å². The Morgan fingerprint density at radius 1 is 1.24 bits per heavy atom. The normalized spacial score (nSPS) is 11.3. The summed E-state index contributed by atoms with van der Waals surface area (Å²) in [5.41, 5.74) is 5.53. The maximum absolute atomic E-state index is 11.9. The Labute approximate surface area is 120 Å². The Morgan fingerprint density at radius 2 is 1.86 bits per heavy atom. The van der Waals surface area contributed by atoms with Crippen LogP contribution in [0, 0.1) is 0 Å². The zero-order valence-corrected chi connectivity index (χ0v) is 11.3. The number of carbonyl (C=O) groups is 4. The zero-order valence-electron chi connectivity index (χ0n) is 11.3. The van der Waals surface area contributed by atoms with Gasteiger partial charge in [-0.3, -0.25) is 19.2 Å². The van der Waals surface area contributed by atoms with Crippen molar-refractivity contribution >= 4 is 29.4 Å². The number of nitrogens with two attached hydrogens (primary N) is 1. The van der Waals surface area contributed by atoms with Crippen molar-refractivity contribution in [2.75, 3.05) is 5.32 Å². The molecule has 8 heteroatoms. The lowest BCUT2D eigenvalue weighted by Crippen LogP contribution is -2.42. The van der Waals surface area contributed by atoms with E-state index in [4.69, 9.17) is 10.8 Å². The molecule has 0 aliphatic rings. The lowest BCUT2D eigenvalue weighted by molar-refractivity contribution is -0.141. The van der Waals surface area contributed by atoms with E-state index in [1.807, 2.05) is 0 Å². The van der Waals surface area contributed by atoms with Gasteiger partial charge in [0.05, 0.1) is 11.3 Å². The fourth-order valence-corrected chi connectivity index (χ4v) is 1.54. The number of anilines is 1. The lowest BCUT2D eigenvalue weighted by atomic mass is 10.1. The fourth-order valence-electron chi connectivity index (χ4n) is 1.54. The number of carbonyl (C=O) groups excluding carboxylic acids is 3. The first kappa shape index (κ1) is 16.2. The van der Waals surface area contributed by atoms with Gasteiger partial charge >= 0.3 is 5.97 Å². The van der Waals surface area contributed by atoms with Crippen molar-refractivity contribution in [2.24, 2.45) is 5.73 Å². The van der Waals surface area contributed by atoms with Gasteiger partial charge < -0.3 is 21.5 Å². The molecule has 0 aliphatic carbocycles. The number of hydrogen-bond donors (Lipinski definition) is 4. The van der Waals surface area contributed by atoms with Gasteiger partial charge in [0.1, 0.15) is 12.5 Å². The van der Waals surface area contributed by atoms with E-state index in [1.54, 1.807) is 12.1 Å². The fraction of sp³-hybridized carbons (Fsp3) is 0.231. The number of hydrogen-bond acceptors (Lipinski definition) is 4. The number of carboxylic acid groups (broad SMARTS) is 1. The summed E-state index contributed by atoms with van der Waals surface area (Å²) in [6.07, 6.45) is -0.727. The highest BCUT2D eigenvalue weighted by molar-refractivity contribution is 6.05. The Bertz CT molecular complexity index is 585. The van der Waals surface area contributed by atoms with Gasteiger partial charge in [-0.1, -0.05) is 12.1 Å². The molecule has 0 fully saturated rings. The van der Waals surface area contributed by atoms with Gasteiger partial charge in [-0.25, -0.2) is 0 Å². The minimum atomic E-state index is -1.29. The molecule has 1 rings (SSSR count). The summed E-state index contributed by atoms with van der Waals surface area (Å²) in [6, 6.07) is 5.18. The number of aliphatic carboxylic acids is 1. The minimum Gasteiger partial charge on any atom is -0.481 e. The molecule has 0 saturated carbocycles. The monoisotopic (exact) mass is 293 g/mol. The third-order valence-electron chi connectivity index (χ3n) is 2.53. The van der Waals surface area contributed by atoms with Crippen molar-refractivity contribution in [3.63, 3.8) is 0 Å². The average Bonchev–Trinajstić information content (AvgIpc) is 2.37. The standard InChI is InChI=1S/C13H15N3O5/c1-7(15-10(17)6-11(18)19)13(21)16-9-5-3-2-4-8(9)12(14)20/h2-5,7H,6H2,1H3,(H2,14,20)(H,15,17)(H,16,21)(H,18,19). The molecule has 0 heterocycles. The molecule has 1 aromatic carbocycles. The van der Waals surface area contributed by atoms with Crippen LogP contribution < -0.4 is 16.4 Å². The van der Waals surface area contributed by atoms with Crippen LogP contribution in [0.1, 0.15) is 23.7 Å². The van der Waals surface area contributed by atoms with Crippen LogP contribution in [0.4, 0.5) is 5.69 Å². The Hall–Kier alpha value is -2.90. The predicted octanol–water partition coefficient (Wildman–Crippen LogP) is -0.297. The van der Waals surface area contributed by atoms with Crippen LogP contribution in [0.25, 0.3) is 0 Å². The molecule has 1 atom stereocenters. The van der Waals surface area contributed by atoms with E-state index < -0.39 is 36.2 Å². The number of carboxylic acids is 1. The van der Waals surface area contributed by atoms with E-state index in [0.29, 0.717) is 0 Å². The third-order valence-corrected chi connectivity index (χ3v) is 2.53. The highest BCUT2D eigenvalue weighted by Crippen LogP contribution is 2.14. The van der Waals surface area contributed by atoms with E-state index in [9.17, 15) is 19.2 Å². The molecule has 3 amide bonds. The highest BCUT2D eigenvalue weighted by atomic mass is 16.4. The number of para-hydroxylation sites is 1. The predicted molar refractivity (Wildman–Crippen MR) is 73.4 cm³/mol. The summed E-state index contributed by atoms with van der Waals surface area (Å²) < 4.78 is 0. The first-order valence-corrected chi connectivity index (χ1v) is 6.02. The molecular formula is C13H15N3O5. The number of benzene rings is 1. The smallest absolute Gasteiger partial charge is 0.312 e. The van der Waals surface area contributed by atoms with Gasteiger partial charge in [-0.05, 0) is 19.1 Å². The summed E-state index contributed by atoms with van der Waals surface area (Å²) >= 11 is 0. The molecule has 1 unspecified atom stereocenters. The molecule has 0 aromatic heterocycles. The second-order valence-electron chi connectivity index (χ2n) is 4.26. The number of nitrogens with one attached hydrogen (secondary N) is 2. The van der Waals surface area contributed by atoms with Crippen LogP contribution in [-0.2, 0) is 14.4 Å². The molecule has 112 valence electrons. The molecule has 0 spiro atoms. The van der Waals surface area contributed by atoms with E-state index in [2.05, 4.69) is 10.6 Å². The molecule has 1 aromatic rings. The molecule has 8 nitrogen and oxygen atoms in total. The lowest BCUT2D eigenvalue weighted by Gasteiger charge is -2.14. The van der Waals surface area contributed by atoms with Crippen molar-refractivity contribution in [1.29, 1.82) is 0 Å². The van der Waals surface area contributed by atoms with Crippen LogP contribution in [-0.4, -0.2) is 34.8 Å². The second-order valence-corrected chi connectivity index (χ2v) is 4.26. The van der Waals surface area contributed by atoms with E-state index >= 15 is 0 Å². The molecule has 0 aliphatic heterocycles. The van der Waals surface area contributed by atoms with Crippen LogP contribution in [0.3, 0.4) is 0 Å². The van der Waals surface area contributed by atoms with E-state index in [0.717, 1.165) is 0 Å². The van der Waals surface area contributed by atoms with Crippen LogP contribution in [0.5, 0.6) is 0 Å². The van der Waals surface area contributed by atoms with Crippen LogP contribution in [0.15, 0.2) is 24.3 Å². The summed E-state index contributed by atoms with van der Waals surface area (Å²) in [5, 5.41) is 13.1. The maximum Gasteiger partial charge on any atom is 0.312 e. The van der Waals surface area contributed by atoms with E-state index in [1.165, 1.54) is 19.1 Å². The van der Waals surface area contributed by atoms with Crippen molar-refractivity contribution < 1.29 is 24.3 Å². The average molecular weight is 293 g/mol. The molecular weight excluding hydrogens is 278 g/mol. The van der Waals surface area contributed by atoms with Gasteiger partial charge in [0.15, 0.2) is 0 Å². The van der Waals surface area contributed by atoms with Crippen LogP contribution in [0.2, 0.25) is 0 Å². The van der Waals surface area contributed by atoms with Gasteiger partial charge in [0.2, 0.25) is 11.8 Å². The van der Waals surface area contributed by atoms with Crippen molar-refractivity contribution in [2.45, 2.75) is 19.4 Å². The van der Waals surface area contributed by atoms with Crippen molar-refractivity contribution in [3.05, 3.63) is 29.8 Å². The number of primary amides is 1. The summed E-state index contributed by atoms with van der Waals surface area (Å²) in [5.74, 6) is -3.37. The number of amides is 3. The summed E-state index contributed by atoms with van der Waals surface area (Å²) in [4.78, 5) is 44.7. The summed E-state index contributed by atoms with van der Waals surface area (Å²) in [7, 11) is 0. The molecule has 5 N–H and O–H groups in total. The first-order chi connectivity index (χ1) is 9.81. The molecule has 0 saturated heterocycles. The Morgan fingerprint density at radius 3 is 2.43 bits per heavy atom. The third kappa shape index (κ3) is 4.94. The SMILES string of the molecule is CC(NC(=O)CC(=O)O)C(=O)Nc1ccccc1C(N)=O. The molecule has 0 radical (unpaired) electrons. The van der Waals surface area contributed by atoms with Gasteiger partial charge in [-0.15, -0.1) is 0 Å². The van der Waals surface area contributed by atoms with Crippen molar-refractivity contribution in [1.82, 2.24) is 5.32 Å². The topological polar surface area (TPSA) is 139 Å². The number of rotatable bonds is 6. The molecule has 0 bridgehead atoms. The Balaban J connectivity index is 2.71. The first-order valence-electron chi connectivity index (χ1n) is 6.02. The Kier molecular flexibility index (Phi) is 5.41. The summed E-state index contributed by atoms with van der Waals surface area (Å²) in [6.45, 7) is 1.39. The second kappa shape index (κ2) is 7.04. The zero-order chi connectivity index (χ0) is 16.0.